The standard InChI is InChI=1S/C19H23N3O4/c1-2-25-18(23)15-7-9-21(10-8-15)12-17-13-22(19(24)26-17)16-5-3-14(11-20)4-6-16/h3-6,15,17H,2,7-10,12-13H2,1H3/t17-/m0/s1. The molecular formula is C19H23N3O4. The number of likely N-dealkylation sites (tertiary alicyclic amines) is 1. The second-order valence-electron chi connectivity index (χ2n) is 6.60. The summed E-state index contributed by atoms with van der Waals surface area (Å²) < 4.78 is 10.6. The summed E-state index contributed by atoms with van der Waals surface area (Å²) in [6.07, 6.45) is 0.996. The molecule has 1 atom stereocenters. The van der Waals surface area contributed by atoms with Gasteiger partial charge in [-0.1, -0.05) is 0 Å². The molecule has 138 valence electrons. The molecule has 0 bridgehead atoms. The zero-order valence-corrected chi connectivity index (χ0v) is 14.9. The predicted octanol–water partition coefficient (Wildman–Crippen LogP) is 2.16. The minimum Gasteiger partial charge on any atom is -0.466 e. The van der Waals surface area contributed by atoms with Crippen LogP contribution in [0.5, 0.6) is 0 Å². The molecule has 7 heteroatoms. The van der Waals surface area contributed by atoms with Crippen molar-refractivity contribution in [1.82, 2.24) is 4.90 Å². The van der Waals surface area contributed by atoms with E-state index in [1.807, 2.05) is 6.92 Å². The molecular weight excluding hydrogens is 334 g/mol. The van der Waals surface area contributed by atoms with E-state index < -0.39 is 0 Å². The first-order chi connectivity index (χ1) is 12.6. The Hall–Kier alpha value is -2.59. The Morgan fingerprint density at radius 3 is 2.62 bits per heavy atom. The second-order valence-corrected chi connectivity index (χ2v) is 6.60. The van der Waals surface area contributed by atoms with Crippen molar-refractivity contribution in [1.29, 1.82) is 5.26 Å². The molecule has 2 aliphatic heterocycles. The summed E-state index contributed by atoms with van der Waals surface area (Å²) in [5.74, 6) is -0.126. The van der Waals surface area contributed by atoms with Crippen molar-refractivity contribution < 1.29 is 19.1 Å². The van der Waals surface area contributed by atoms with E-state index in [1.54, 1.807) is 29.2 Å². The minimum absolute atomic E-state index is 0.0209. The Morgan fingerprint density at radius 1 is 1.31 bits per heavy atom. The zero-order valence-electron chi connectivity index (χ0n) is 14.9. The summed E-state index contributed by atoms with van der Waals surface area (Å²) in [4.78, 5) is 27.8. The molecule has 1 aromatic rings. The van der Waals surface area contributed by atoms with Crippen LogP contribution in [0, 0.1) is 17.2 Å². The third-order valence-electron chi connectivity index (χ3n) is 4.85. The minimum atomic E-state index is -0.360. The third-order valence-corrected chi connectivity index (χ3v) is 4.85. The number of amides is 1. The van der Waals surface area contributed by atoms with E-state index in [0.717, 1.165) is 31.6 Å². The highest BCUT2D eigenvalue weighted by Gasteiger charge is 2.35. The number of ether oxygens (including phenoxy) is 2. The molecule has 2 saturated heterocycles. The van der Waals surface area contributed by atoms with Gasteiger partial charge in [0.25, 0.3) is 0 Å². The molecule has 1 amide bonds. The summed E-state index contributed by atoms with van der Waals surface area (Å²) >= 11 is 0. The zero-order chi connectivity index (χ0) is 18.5. The SMILES string of the molecule is CCOC(=O)C1CCN(C[C@H]2CN(c3ccc(C#N)cc3)C(=O)O2)CC1. The predicted molar refractivity (Wildman–Crippen MR) is 94.6 cm³/mol. The molecule has 0 unspecified atom stereocenters. The lowest BCUT2D eigenvalue weighted by molar-refractivity contribution is -0.149. The van der Waals surface area contributed by atoms with Crippen LogP contribution in [0.25, 0.3) is 0 Å². The van der Waals surface area contributed by atoms with Gasteiger partial charge in [-0.3, -0.25) is 14.6 Å². The van der Waals surface area contributed by atoms with E-state index in [9.17, 15) is 9.59 Å². The van der Waals surface area contributed by atoms with Gasteiger partial charge in [-0.25, -0.2) is 4.79 Å². The van der Waals surface area contributed by atoms with Gasteiger partial charge in [-0.05, 0) is 57.1 Å². The van der Waals surface area contributed by atoms with Crippen LogP contribution < -0.4 is 4.90 Å². The van der Waals surface area contributed by atoms with E-state index in [0.29, 0.717) is 25.3 Å². The largest absolute Gasteiger partial charge is 0.466 e. The maximum Gasteiger partial charge on any atom is 0.414 e. The normalized spacial score (nSPS) is 21.3. The van der Waals surface area contributed by atoms with E-state index >= 15 is 0 Å². The lowest BCUT2D eigenvalue weighted by Crippen LogP contribution is -2.41. The highest BCUT2D eigenvalue weighted by molar-refractivity contribution is 5.89. The topological polar surface area (TPSA) is 82.9 Å². The quantitative estimate of drug-likeness (QED) is 0.751. The Kier molecular flexibility index (Phi) is 5.74. The van der Waals surface area contributed by atoms with Gasteiger partial charge in [0, 0.05) is 12.2 Å². The first kappa shape index (κ1) is 18.2. The number of anilines is 1. The number of carbonyl (C=O) groups excluding carboxylic acids is 2. The maximum absolute atomic E-state index is 12.2. The van der Waals surface area contributed by atoms with Crippen molar-refractivity contribution in [3.63, 3.8) is 0 Å². The fourth-order valence-electron chi connectivity index (χ4n) is 3.44. The highest BCUT2D eigenvalue weighted by atomic mass is 16.6. The Labute approximate surface area is 153 Å². The van der Waals surface area contributed by atoms with Gasteiger partial charge in [-0.2, -0.15) is 5.26 Å². The van der Waals surface area contributed by atoms with E-state index in [-0.39, 0.29) is 24.1 Å². The van der Waals surface area contributed by atoms with E-state index in [2.05, 4.69) is 11.0 Å². The van der Waals surface area contributed by atoms with Gasteiger partial charge in [0.2, 0.25) is 0 Å². The van der Waals surface area contributed by atoms with Crippen molar-refractivity contribution in [2.45, 2.75) is 25.9 Å². The summed E-state index contributed by atoms with van der Waals surface area (Å²) in [7, 11) is 0. The van der Waals surface area contributed by atoms with Crippen LogP contribution in [0.2, 0.25) is 0 Å². The molecule has 0 N–H and O–H groups in total. The molecule has 0 radical (unpaired) electrons. The Balaban J connectivity index is 1.50. The van der Waals surface area contributed by atoms with Crippen molar-refractivity contribution in [3.05, 3.63) is 29.8 Å². The number of carbonyl (C=O) groups is 2. The number of hydrogen-bond donors (Lipinski definition) is 0. The molecule has 3 rings (SSSR count). The highest BCUT2D eigenvalue weighted by Crippen LogP contribution is 2.24. The van der Waals surface area contributed by atoms with Gasteiger partial charge >= 0.3 is 12.1 Å². The van der Waals surface area contributed by atoms with Crippen LogP contribution in [0.3, 0.4) is 0 Å². The smallest absolute Gasteiger partial charge is 0.414 e. The van der Waals surface area contributed by atoms with Gasteiger partial charge in [-0.15, -0.1) is 0 Å². The van der Waals surface area contributed by atoms with Crippen LogP contribution in [0.15, 0.2) is 24.3 Å². The number of esters is 1. The number of rotatable bonds is 5. The summed E-state index contributed by atoms with van der Waals surface area (Å²) in [5.41, 5.74) is 1.29. The Bertz CT molecular complexity index is 690. The number of nitriles is 1. The molecule has 0 aromatic heterocycles. The fourth-order valence-corrected chi connectivity index (χ4v) is 3.44. The summed E-state index contributed by atoms with van der Waals surface area (Å²) in [6.45, 7) is 4.99. The van der Waals surface area contributed by atoms with Gasteiger partial charge in [0.05, 0.1) is 30.7 Å². The van der Waals surface area contributed by atoms with Crippen LogP contribution in [-0.4, -0.2) is 55.9 Å². The van der Waals surface area contributed by atoms with Gasteiger partial charge in [0.1, 0.15) is 6.10 Å². The van der Waals surface area contributed by atoms with Crippen molar-refractivity contribution in [2.24, 2.45) is 5.92 Å². The molecule has 1 aromatic carbocycles. The number of nitrogens with zero attached hydrogens (tertiary/aromatic N) is 3. The molecule has 0 saturated carbocycles. The van der Waals surface area contributed by atoms with Gasteiger partial charge < -0.3 is 9.47 Å². The molecule has 0 aliphatic carbocycles. The summed E-state index contributed by atoms with van der Waals surface area (Å²) in [6, 6.07) is 8.96. The lowest BCUT2D eigenvalue weighted by Gasteiger charge is -2.31. The van der Waals surface area contributed by atoms with Crippen molar-refractivity contribution >= 4 is 17.7 Å². The molecule has 2 fully saturated rings. The maximum atomic E-state index is 12.2. The van der Waals surface area contributed by atoms with Crippen LogP contribution in [0.4, 0.5) is 10.5 Å². The average molecular weight is 357 g/mol. The van der Waals surface area contributed by atoms with Gasteiger partial charge in [0.15, 0.2) is 0 Å². The summed E-state index contributed by atoms with van der Waals surface area (Å²) in [5, 5.41) is 8.86. The monoisotopic (exact) mass is 357 g/mol. The number of hydrogen-bond acceptors (Lipinski definition) is 6. The molecule has 0 spiro atoms. The van der Waals surface area contributed by atoms with E-state index in [4.69, 9.17) is 14.7 Å². The Morgan fingerprint density at radius 2 is 2.00 bits per heavy atom. The molecule has 26 heavy (non-hydrogen) atoms. The van der Waals surface area contributed by atoms with E-state index in [1.165, 1.54) is 0 Å². The lowest BCUT2D eigenvalue weighted by atomic mass is 9.97. The molecule has 7 nitrogen and oxygen atoms in total. The van der Waals surface area contributed by atoms with Crippen molar-refractivity contribution in [3.8, 4) is 6.07 Å². The molecule has 2 heterocycles. The van der Waals surface area contributed by atoms with Crippen molar-refractivity contribution in [2.75, 3.05) is 37.7 Å². The number of cyclic esters (lactones) is 1. The second kappa shape index (κ2) is 8.19. The van der Waals surface area contributed by atoms with Crippen LogP contribution >= 0.6 is 0 Å². The van der Waals surface area contributed by atoms with Crippen LogP contribution in [0.1, 0.15) is 25.3 Å². The third kappa shape index (κ3) is 4.14. The first-order valence-corrected chi connectivity index (χ1v) is 8.98. The number of piperidine rings is 1. The first-order valence-electron chi connectivity index (χ1n) is 8.98. The number of benzene rings is 1. The fraction of sp³-hybridized carbons (Fsp3) is 0.526. The van der Waals surface area contributed by atoms with Crippen LogP contribution in [-0.2, 0) is 14.3 Å². The molecule has 2 aliphatic rings. The average Bonchev–Trinajstić information content (AvgIpc) is 3.02.